The third kappa shape index (κ3) is 14.1. The third-order valence-corrected chi connectivity index (χ3v) is 8.26. The van der Waals surface area contributed by atoms with Gasteiger partial charge in [0.15, 0.2) is 0 Å². The van der Waals surface area contributed by atoms with Gasteiger partial charge < -0.3 is 31.7 Å². The van der Waals surface area contributed by atoms with Gasteiger partial charge in [0.1, 0.15) is 17.7 Å². The van der Waals surface area contributed by atoms with Crippen molar-refractivity contribution in [1.82, 2.24) is 21.3 Å². The van der Waals surface area contributed by atoms with Gasteiger partial charge in [-0.2, -0.15) is 0 Å². The Labute approximate surface area is 291 Å². The average Bonchev–Trinajstić information content (AvgIpc) is 3.06. The van der Waals surface area contributed by atoms with Gasteiger partial charge in [0.05, 0.1) is 6.04 Å². The Morgan fingerprint density at radius 3 is 1.65 bits per heavy atom. The molecule has 0 fully saturated rings. The van der Waals surface area contributed by atoms with Crippen LogP contribution in [-0.4, -0.2) is 60.1 Å². The van der Waals surface area contributed by atoms with Gasteiger partial charge in [-0.1, -0.05) is 111 Å². The van der Waals surface area contributed by atoms with Crippen LogP contribution in [0.4, 0.5) is 4.79 Å². The number of amides is 4. The SMILES string of the molecule is CC[C@H](C)C(NC(=O)[C@H](Cc1ccccc1)NCC[C@H](Cc1ccccc1)NC(=O)OC(C)(C)C)C(=O)N[C@@H](Cc1ccccc1)C(N)=O. The van der Waals surface area contributed by atoms with E-state index in [2.05, 4.69) is 21.3 Å². The number of primary amides is 1. The van der Waals surface area contributed by atoms with Crippen molar-refractivity contribution in [2.45, 2.75) is 96.5 Å². The fourth-order valence-electron chi connectivity index (χ4n) is 5.43. The molecule has 3 aromatic carbocycles. The van der Waals surface area contributed by atoms with E-state index in [9.17, 15) is 19.2 Å². The highest BCUT2D eigenvalue weighted by atomic mass is 16.6. The molecule has 0 aliphatic rings. The summed E-state index contributed by atoms with van der Waals surface area (Å²) >= 11 is 0. The molecule has 3 aromatic rings. The Bertz CT molecular complexity index is 1460. The largest absolute Gasteiger partial charge is 0.444 e. The molecule has 10 nitrogen and oxygen atoms in total. The first kappa shape index (κ1) is 38.7. The monoisotopic (exact) mass is 671 g/mol. The Kier molecular flexibility index (Phi) is 15.3. The van der Waals surface area contributed by atoms with Crippen molar-refractivity contribution >= 4 is 23.8 Å². The fourth-order valence-corrected chi connectivity index (χ4v) is 5.43. The van der Waals surface area contributed by atoms with E-state index < -0.39 is 41.6 Å². The first-order valence-corrected chi connectivity index (χ1v) is 17.1. The first-order valence-electron chi connectivity index (χ1n) is 17.1. The Hall–Kier alpha value is -4.70. The van der Waals surface area contributed by atoms with E-state index in [4.69, 9.17) is 10.5 Å². The standard InChI is InChI=1S/C39H53N5O5/c1-6-27(2)34(37(47)43-32(35(40)45)25-29-18-12-8-13-19-29)44-36(46)33(26-30-20-14-9-15-21-30)41-23-22-31(24-28-16-10-7-11-17-28)42-38(48)49-39(3,4)5/h7-21,27,31-34,41H,6,22-26H2,1-5H3,(H2,40,45)(H,42,48)(H,43,47)(H,44,46)/t27-,31+,32-,33-,34?/m0/s1. The van der Waals surface area contributed by atoms with Crippen LogP contribution in [-0.2, 0) is 38.4 Å². The van der Waals surface area contributed by atoms with Crippen LogP contribution in [0.1, 0.15) is 64.2 Å². The van der Waals surface area contributed by atoms with Gasteiger partial charge in [-0.05, 0) is 69.2 Å². The topological polar surface area (TPSA) is 152 Å². The van der Waals surface area contributed by atoms with Crippen molar-refractivity contribution in [2.75, 3.05) is 6.54 Å². The molecule has 264 valence electrons. The molecule has 10 heteroatoms. The molecule has 3 rings (SSSR count). The van der Waals surface area contributed by atoms with Gasteiger partial charge in [0.2, 0.25) is 17.7 Å². The van der Waals surface area contributed by atoms with Crippen molar-refractivity contribution in [2.24, 2.45) is 11.7 Å². The predicted octanol–water partition coefficient (Wildman–Crippen LogP) is 4.46. The van der Waals surface area contributed by atoms with Gasteiger partial charge in [0, 0.05) is 12.5 Å². The molecule has 0 radical (unpaired) electrons. The lowest BCUT2D eigenvalue weighted by molar-refractivity contribution is -0.133. The molecule has 49 heavy (non-hydrogen) atoms. The number of rotatable bonds is 18. The summed E-state index contributed by atoms with van der Waals surface area (Å²) in [5.74, 6) is -1.69. The highest BCUT2D eigenvalue weighted by molar-refractivity contribution is 5.93. The molecule has 0 bridgehead atoms. The van der Waals surface area contributed by atoms with Crippen LogP contribution in [0.5, 0.6) is 0 Å². The van der Waals surface area contributed by atoms with E-state index in [1.807, 2.05) is 126 Å². The summed E-state index contributed by atoms with van der Waals surface area (Å²) in [6.07, 6.45) is 1.83. The third-order valence-electron chi connectivity index (χ3n) is 8.26. The number of benzene rings is 3. The molecule has 5 atom stereocenters. The van der Waals surface area contributed by atoms with Crippen LogP contribution in [0.15, 0.2) is 91.0 Å². The van der Waals surface area contributed by atoms with Crippen LogP contribution in [0.2, 0.25) is 0 Å². The molecule has 0 aliphatic carbocycles. The molecule has 0 saturated heterocycles. The zero-order valence-corrected chi connectivity index (χ0v) is 29.4. The number of hydrogen-bond acceptors (Lipinski definition) is 6. The Morgan fingerprint density at radius 1 is 0.694 bits per heavy atom. The number of hydrogen-bond donors (Lipinski definition) is 5. The summed E-state index contributed by atoms with van der Waals surface area (Å²) in [6, 6.07) is 26.0. The minimum atomic E-state index is -0.935. The highest BCUT2D eigenvalue weighted by Gasteiger charge is 2.31. The van der Waals surface area contributed by atoms with Gasteiger partial charge in [-0.25, -0.2) is 4.79 Å². The van der Waals surface area contributed by atoms with E-state index in [-0.39, 0.29) is 24.3 Å². The van der Waals surface area contributed by atoms with E-state index in [1.165, 1.54) is 0 Å². The average molecular weight is 672 g/mol. The minimum absolute atomic E-state index is 0.222. The summed E-state index contributed by atoms with van der Waals surface area (Å²) in [4.78, 5) is 52.7. The van der Waals surface area contributed by atoms with E-state index in [0.29, 0.717) is 32.2 Å². The number of nitrogens with two attached hydrogens (primary N) is 1. The van der Waals surface area contributed by atoms with E-state index in [0.717, 1.165) is 16.7 Å². The van der Waals surface area contributed by atoms with Gasteiger partial charge in [0.25, 0.3) is 0 Å². The van der Waals surface area contributed by atoms with E-state index >= 15 is 0 Å². The molecule has 0 aromatic heterocycles. The molecule has 0 saturated carbocycles. The second kappa shape index (κ2) is 19.3. The quantitative estimate of drug-likeness (QED) is 0.135. The zero-order chi connectivity index (χ0) is 35.8. The number of alkyl carbamates (subject to hydrolysis) is 1. The summed E-state index contributed by atoms with van der Waals surface area (Å²) in [5, 5.41) is 12.2. The van der Waals surface area contributed by atoms with Crippen molar-refractivity contribution < 1.29 is 23.9 Å². The molecule has 1 unspecified atom stereocenters. The van der Waals surface area contributed by atoms with Gasteiger partial charge in [-0.15, -0.1) is 0 Å². The maximum absolute atomic E-state index is 14.0. The molecular weight excluding hydrogens is 618 g/mol. The lowest BCUT2D eigenvalue weighted by Crippen LogP contribution is -2.58. The summed E-state index contributed by atoms with van der Waals surface area (Å²) in [5.41, 5.74) is 7.90. The van der Waals surface area contributed by atoms with Gasteiger partial charge in [-0.3, -0.25) is 14.4 Å². The Balaban J connectivity index is 1.75. The van der Waals surface area contributed by atoms with Crippen molar-refractivity contribution in [1.29, 1.82) is 0 Å². The van der Waals surface area contributed by atoms with Crippen LogP contribution < -0.4 is 27.0 Å². The van der Waals surface area contributed by atoms with Crippen molar-refractivity contribution in [3.05, 3.63) is 108 Å². The van der Waals surface area contributed by atoms with Crippen LogP contribution in [0.25, 0.3) is 0 Å². The number of carbonyl (C=O) groups is 4. The number of carbonyl (C=O) groups excluding carboxylic acids is 4. The van der Waals surface area contributed by atoms with Crippen molar-refractivity contribution in [3.63, 3.8) is 0 Å². The first-order chi connectivity index (χ1) is 23.3. The van der Waals surface area contributed by atoms with Crippen molar-refractivity contribution in [3.8, 4) is 0 Å². The second-order valence-electron chi connectivity index (χ2n) is 13.5. The van der Waals surface area contributed by atoms with Crippen LogP contribution in [0, 0.1) is 5.92 Å². The van der Waals surface area contributed by atoms with Crippen LogP contribution in [0.3, 0.4) is 0 Å². The van der Waals surface area contributed by atoms with E-state index in [1.54, 1.807) is 0 Å². The zero-order valence-electron chi connectivity index (χ0n) is 29.4. The molecule has 4 amide bonds. The van der Waals surface area contributed by atoms with Crippen LogP contribution >= 0.6 is 0 Å². The minimum Gasteiger partial charge on any atom is -0.444 e. The fraction of sp³-hybridized carbons (Fsp3) is 0.436. The lowest BCUT2D eigenvalue weighted by atomic mass is 9.96. The number of nitrogens with one attached hydrogen (secondary N) is 4. The molecule has 0 heterocycles. The normalized spacial score (nSPS) is 14.4. The number of ether oxygens (including phenoxy) is 1. The van der Waals surface area contributed by atoms with Gasteiger partial charge >= 0.3 is 6.09 Å². The lowest BCUT2D eigenvalue weighted by Gasteiger charge is -2.28. The maximum Gasteiger partial charge on any atom is 0.407 e. The summed E-state index contributed by atoms with van der Waals surface area (Å²) in [6.45, 7) is 9.68. The maximum atomic E-state index is 14.0. The molecule has 6 N–H and O–H groups in total. The highest BCUT2D eigenvalue weighted by Crippen LogP contribution is 2.13. The summed E-state index contributed by atoms with van der Waals surface area (Å²) < 4.78 is 5.52. The molecule has 0 spiro atoms. The summed E-state index contributed by atoms with van der Waals surface area (Å²) in [7, 11) is 0. The smallest absolute Gasteiger partial charge is 0.407 e. The Morgan fingerprint density at radius 2 is 1.18 bits per heavy atom. The molecule has 0 aliphatic heterocycles. The second-order valence-corrected chi connectivity index (χ2v) is 13.5. The predicted molar refractivity (Wildman–Crippen MR) is 193 cm³/mol. The molecular formula is C39H53N5O5.